The third kappa shape index (κ3) is 1.51. The van der Waals surface area contributed by atoms with E-state index in [0.29, 0.717) is 17.7 Å². The van der Waals surface area contributed by atoms with Gasteiger partial charge >= 0.3 is 0 Å². The summed E-state index contributed by atoms with van der Waals surface area (Å²) in [5.74, 6) is 0.566. The normalized spacial score (nSPS) is 15.2. The van der Waals surface area contributed by atoms with Gasteiger partial charge in [-0.2, -0.15) is 5.26 Å². The van der Waals surface area contributed by atoms with E-state index < -0.39 is 0 Å². The van der Waals surface area contributed by atoms with E-state index in [1.807, 2.05) is 6.07 Å². The van der Waals surface area contributed by atoms with E-state index >= 15 is 0 Å². The summed E-state index contributed by atoms with van der Waals surface area (Å²) in [6.07, 6.45) is 3.95. The molecule has 1 N–H and O–H groups in total. The molecular weight excluding hydrogens is 152 g/mol. The highest BCUT2D eigenvalue weighted by atomic mass is 15.1. The van der Waals surface area contributed by atoms with E-state index in [4.69, 9.17) is 5.26 Å². The van der Waals surface area contributed by atoms with Gasteiger partial charge in [-0.1, -0.05) is 0 Å². The summed E-state index contributed by atoms with van der Waals surface area (Å²) in [4.78, 5) is 7.98. The molecule has 1 aromatic heterocycles. The van der Waals surface area contributed by atoms with Crippen molar-refractivity contribution >= 4 is 5.95 Å². The number of nitrogens with one attached hydrogen (secondary N) is 1. The molecular formula is C8H8N4. The van der Waals surface area contributed by atoms with Crippen LogP contribution in [-0.4, -0.2) is 16.0 Å². The molecule has 1 fully saturated rings. The summed E-state index contributed by atoms with van der Waals surface area (Å²) < 4.78 is 0. The predicted molar refractivity (Wildman–Crippen MR) is 43.4 cm³/mol. The van der Waals surface area contributed by atoms with Crippen molar-refractivity contribution in [2.24, 2.45) is 0 Å². The summed E-state index contributed by atoms with van der Waals surface area (Å²) in [6, 6.07) is 4.09. The monoisotopic (exact) mass is 160 g/mol. The molecule has 0 atom stereocenters. The van der Waals surface area contributed by atoms with Crippen LogP contribution in [0.2, 0.25) is 0 Å². The summed E-state index contributed by atoms with van der Waals surface area (Å²) in [5, 5.41) is 11.7. The van der Waals surface area contributed by atoms with Gasteiger partial charge in [0.2, 0.25) is 5.95 Å². The number of nitrogens with zero attached hydrogens (tertiary/aromatic N) is 3. The maximum Gasteiger partial charge on any atom is 0.224 e. The molecule has 1 heterocycles. The van der Waals surface area contributed by atoms with Crippen LogP contribution < -0.4 is 5.32 Å². The van der Waals surface area contributed by atoms with E-state index in [2.05, 4.69) is 15.3 Å². The molecule has 0 bridgehead atoms. The van der Waals surface area contributed by atoms with Crippen molar-refractivity contribution in [1.82, 2.24) is 9.97 Å². The van der Waals surface area contributed by atoms with E-state index in [1.165, 1.54) is 12.8 Å². The average Bonchev–Trinajstić information content (AvgIpc) is 2.89. The zero-order valence-corrected chi connectivity index (χ0v) is 6.49. The molecule has 1 saturated carbocycles. The van der Waals surface area contributed by atoms with Gasteiger partial charge in [-0.05, 0) is 18.9 Å². The molecule has 0 aromatic carbocycles. The second-order valence-electron chi connectivity index (χ2n) is 2.80. The molecule has 0 radical (unpaired) electrons. The van der Waals surface area contributed by atoms with Crippen LogP contribution in [0.5, 0.6) is 0 Å². The lowest BCUT2D eigenvalue weighted by atomic mass is 10.4. The fourth-order valence-electron chi connectivity index (χ4n) is 0.901. The van der Waals surface area contributed by atoms with Gasteiger partial charge in [-0.25, -0.2) is 9.97 Å². The third-order valence-corrected chi connectivity index (χ3v) is 1.68. The van der Waals surface area contributed by atoms with Crippen LogP contribution in [0.4, 0.5) is 5.95 Å². The van der Waals surface area contributed by atoms with Gasteiger partial charge in [0.05, 0.1) is 0 Å². The van der Waals surface area contributed by atoms with Crippen molar-refractivity contribution in [2.45, 2.75) is 18.9 Å². The Balaban J connectivity index is 2.15. The Labute approximate surface area is 70.3 Å². The Morgan fingerprint density at radius 3 is 3.08 bits per heavy atom. The maximum atomic E-state index is 8.54. The molecule has 0 aliphatic heterocycles. The summed E-state index contributed by atoms with van der Waals surface area (Å²) >= 11 is 0. The van der Waals surface area contributed by atoms with Crippen LogP contribution in [0.15, 0.2) is 12.3 Å². The van der Waals surface area contributed by atoms with Crippen LogP contribution >= 0.6 is 0 Å². The predicted octanol–water partition coefficient (Wildman–Crippen LogP) is 0.923. The molecule has 1 aliphatic rings. The van der Waals surface area contributed by atoms with Crippen molar-refractivity contribution in [3.05, 3.63) is 18.0 Å². The Hall–Kier alpha value is -1.63. The second kappa shape index (κ2) is 2.78. The maximum absolute atomic E-state index is 8.54. The van der Waals surface area contributed by atoms with Crippen LogP contribution in [0, 0.1) is 11.3 Å². The fourth-order valence-corrected chi connectivity index (χ4v) is 0.901. The molecule has 0 saturated heterocycles. The smallest absolute Gasteiger partial charge is 0.224 e. The van der Waals surface area contributed by atoms with Gasteiger partial charge < -0.3 is 5.32 Å². The molecule has 1 aliphatic carbocycles. The molecule has 4 heteroatoms. The van der Waals surface area contributed by atoms with Crippen LogP contribution in [-0.2, 0) is 0 Å². The number of hydrogen-bond donors (Lipinski definition) is 1. The highest BCUT2D eigenvalue weighted by Gasteiger charge is 2.21. The zero-order chi connectivity index (χ0) is 8.39. The van der Waals surface area contributed by atoms with Crippen LogP contribution in [0.1, 0.15) is 18.5 Å². The summed E-state index contributed by atoms with van der Waals surface area (Å²) in [7, 11) is 0. The Morgan fingerprint density at radius 1 is 1.58 bits per heavy atom. The number of hydrogen-bond acceptors (Lipinski definition) is 4. The van der Waals surface area contributed by atoms with E-state index in [1.54, 1.807) is 12.3 Å². The van der Waals surface area contributed by atoms with E-state index in [-0.39, 0.29) is 0 Å². The van der Waals surface area contributed by atoms with Gasteiger partial charge in [0.25, 0.3) is 0 Å². The van der Waals surface area contributed by atoms with Crippen molar-refractivity contribution in [2.75, 3.05) is 5.32 Å². The standard InChI is InChI=1S/C8H8N4/c9-5-7-3-4-10-8(12-7)11-6-1-2-6/h3-4,6H,1-2H2,(H,10,11,12). The highest BCUT2D eigenvalue weighted by molar-refractivity contribution is 5.32. The highest BCUT2D eigenvalue weighted by Crippen LogP contribution is 2.22. The Morgan fingerprint density at radius 2 is 2.42 bits per heavy atom. The first kappa shape index (κ1) is 7.04. The molecule has 1 aromatic rings. The number of nitriles is 1. The average molecular weight is 160 g/mol. The van der Waals surface area contributed by atoms with Crippen LogP contribution in [0.25, 0.3) is 0 Å². The number of rotatable bonds is 2. The van der Waals surface area contributed by atoms with Crippen molar-refractivity contribution in [3.8, 4) is 6.07 Å². The molecule has 0 spiro atoms. The Bertz CT molecular complexity index is 324. The third-order valence-electron chi connectivity index (χ3n) is 1.68. The minimum atomic E-state index is 0.410. The van der Waals surface area contributed by atoms with Crippen molar-refractivity contribution in [3.63, 3.8) is 0 Å². The molecule has 0 unspecified atom stereocenters. The van der Waals surface area contributed by atoms with Gasteiger partial charge in [-0.15, -0.1) is 0 Å². The summed E-state index contributed by atoms with van der Waals surface area (Å²) in [5.41, 5.74) is 0.410. The minimum Gasteiger partial charge on any atom is -0.351 e. The summed E-state index contributed by atoms with van der Waals surface area (Å²) in [6.45, 7) is 0. The number of anilines is 1. The molecule has 2 rings (SSSR count). The first-order valence-corrected chi connectivity index (χ1v) is 3.88. The topological polar surface area (TPSA) is 61.6 Å². The first-order chi connectivity index (χ1) is 5.88. The Kier molecular flexibility index (Phi) is 1.63. The van der Waals surface area contributed by atoms with Crippen molar-refractivity contribution < 1.29 is 0 Å². The lowest BCUT2D eigenvalue weighted by Crippen LogP contribution is -2.05. The molecule has 12 heavy (non-hydrogen) atoms. The lowest BCUT2D eigenvalue weighted by Gasteiger charge is -2.00. The zero-order valence-electron chi connectivity index (χ0n) is 6.49. The number of aromatic nitrogens is 2. The van der Waals surface area contributed by atoms with Gasteiger partial charge in [0.1, 0.15) is 11.8 Å². The van der Waals surface area contributed by atoms with Crippen molar-refractivity contribution in [1.29, 1.82) is 5.26 Å². The first-order valence-electron chi connectivity index (χ1n) is 3.88. The lowest BCUT2D eigenvalue weighted by molar-refractivity contribution is 1.04. The van der Waals surface area contributed by atoms with Gasteiger partial charge in [-0.3, -0.25) is 0 Å². The largest absolute Gasteiger partial charge is 0.351 e. The SMILES string of the molecule is N#Cc1ccnc(NC2CC2)n1. The molecule has 0 amide bonds. The van der Waals surface area contributed by atoms with E-state index in [9.17, 15) is 0 Å². The molecule has 60 valence electrons. The van der Waals surface area contributed by atoms with Crippen LogP contribution in [0.3, 0.4) is 0 Å². The fraction of sp³-hybridized carbons (Fsp3) is 0.375. The quantitative estimate of drug-likeness (QED) is 0.698. The van der Waals surface area contributed by atoms with Gasteiger partial charge in [0, 0.05) is 12.2 Å². The second-order valence-corrected chi connectivity index (χ2v) is 2.80. The minimum absolute atomic E-state index is 0.410. The molecule has 4 nitrogen and oxygen atoms in total. The van der Waals surface area contributed by atoms with Gasteiger partial charge in [0.15, 0.2) is 0 Å². The van der Waals surface area contributed by atoms with E-state index in [0.717, 1.165) is 0 Å².